The molecule has 0 amide bonds. The molecule has 4 nitrogen and oxygen atoms in total. The normalized spacial score (nSPS) is 15.6. The molecule has 1 saturated carbocycles. The summed E-state index contributed by atoms with van der Waals surface area (Å²) < 4.78 is 4.34. The Labute approximate surface area is 119 Å². The predicted octanol–water partition coefficient (Wildman–Crippen LogP) is 3.16. The first-order valence-corrected chi connectivity index (χ1v) is 6.39. The van der Waals surface area contributed by atoms with Gasteiger partial charge in [-0.05, 0) is 18.9 Å². The molecule has 0 radical (unpaired) electrons. The minimum Gasteiger partial charge on any atom is -0.464 e. The number of carbonyl (C=O) groups is 2. The molecular weight excluding hydrogens is 300 g/mol. The van der Waals surface area contributed by atoms with Crippen molar-refractivity contribution < 1.29 is 14.3 Å². The van der Waals surface area contributed by atoms with E-state index in [1.165, 1.54) is 19.4 Å². The van der Waals surface area contributed by atoms with Gasteiger partial charge in [0.05, 0.1) is 7.11 Å². The SMILES string of the molecule is COC(=O)c1cc(C(=O)C(Cl)(Cl)Cl)cn1C1CC1. The van der Waals surface area contributed by atoms with Crippen LogP contribution < -0.4 is 0 Å². The molecule has 1 aromatic rings. The summed E-state index contributed by atoms with van der Waals surface area (Å²) in [4.78, 5) is 23.4. The Balaban J connectivity index is 2.39. The van der Waals surface area contributed by atoms with Crippen LogP contribution in [0.15, 0.2) is 12.3 Å². The topological polar surface area (TPSA) is 48.3 Å². The first-order chi connectivity index (χ1) is 8.34. The van der Waals surface area contributed by atoms with Crippen LogP contribution in [0.1, 0.15) is 39.7 Å². The predicted molar refractivity (Wildman–Crippen MR) is 68.7 cm³/mol. The second kappa shape index (κ2) is 4.76. The van der Waals surface area contributed by atoms with E-state index >= 15 is 0 Å². The summed E-state index contributed by atoms with van der Waals surface area (Å²) in [5.74, 6) is -1.16. The second-order valence-corrected chi connectivity index (χ2v) is 6.35. The molecule has 0 N–H and O–H groups in total. The second-order valence-electron chi connectivity index (χ2n) is 4.07. The smallest absolute Gasteiger partial charge is 0.354 e. The molecule has 2 rings (SSSR count). The quantitative estimate of drug-likeness (QED) is 0.489. The highest BCUT2D eigenvalue weighted by Gasteiger charge is 2.35. The van der Waals surface area contributed by atoms with Gasteiger partial charge in [0.15, 0.2) is 0 Å². The van der Waals surface area contributed by atoms with Crippen molar-refractivity contribution in [3.05, 3.63) is 23.5 Å². The Kier molecular flexibility index (Phi) is 3.63. The van der Waals surface area contributed by atoms with Crippen LogP contribution in [0.2, 0.25) is 0 Å². The fraction of sp³-hybridized carbons (Fsp3) is 0.455. The number of halogens is 3. The van der Waals surface area contributed by atoms with Gasteiger partial charge in [-0.25, -0.2) is 4.79 Å². The third-order valence-corrected chi connectivity index (χ3v) is 3.22. The zero-order valence-electron chi connectivity index (χ0n) is 9.45. The molecule has 0 spiro atoms. The minimum atomic E-state index is -2.02. The molecule has 0 atom stereocenters. The van der Waals surface area contributed by atoms with E-state index in [1.807, 2.05) is 0 Å². The van der Waals surface area contributed by atoms with Gasteiger partial charge in [-0.2, -0.15) is 0 Å². The Morgan fingerprint density at radius 1 is 1.39 bits per heavy atom. The number of esters is 1. The third-order valence-electron chi connectivity index (χ3n) is 2.70. The number of rotatable bonds is 3. The molecule has 0 bridgehead atoms. The summed E-state index contributed by atoms with van der Waals surface area (Å²) in [6.07, 6.45) is 3.45. The van der Waals surface area contributed by atoms with Crippen LogP contribution in [0.5, 0.6) is 0 Å². The molecule has 1 fully saturated rings. The van der Waals surface area contributed by atoms with Crippen LogP contribution in [0.4, 0.5) is 0 Å². The Hall–Kier alpha value is -0.710. The third kappa shape index (κ3) is 2.66. The largest absolute Gasteiger partial charge is 0.464 e. The fourth-order valence-corrected chi connectivity index (χ4v) is 2.02. The van der Waals surface area contributed by atoms with Crippen molar-refractivity contribution in [2.45, 2.75) is 22.7 Å². The molecular formula is C11H10Cl3NO3. The number of alkyl halides is 3. The highest BCUT2D eigenvalue weighted by molar-refractivity contribution is 6.77. The van der Waals surface area contributed by atoms with Crippen molar-refractivity contribution in [3.8, 4) is 0 Å². The lowest BCUT2D eigenvalue weighted by Gasteiger charge is -2.06. The molecule has 0 unspecified atom stereocenters. The van der Waals surface area contributed by atoms with E-state index in [-0.39, 0.29) is 11.6 Å². The van der Waals surface area contributed by atoms with E-state index in [1.54, 1.807) is 4.57 Å². The van der Waals surface area contributed by atoms with Gasteiger partial charge in [-0.1, -0.05) is 34.8 Å². The monoisotopic (exact) mass is 309 g/mol. The number of carbonyl (C=O) groups excluding carboxylic acids is 2. The van der Waals surface area contributed by atoms with Crippen LogP contribution in [0.3, 0.4) is 0 Å². The highest BCUT2D eigenvalue weighted by atomic mass is 35.6. The van der Waals surface area contributed by atoms with E-state index in [4.69, 9.17) is 34.8 Å². The first-order valence-electron chi connectivity index (χ1n) is 5.26. The number of ether oxygens (including phenoxy) is 1. The van der Waals surface area contributed by atoms with E-state index in [9.17, 15) is 9.59 Å². The maximum Gasteiger partial charge on any atom is 0.354 e. The number of hydrogen-bond acceptors (Lipinski definition) is 3. The lowest BCUT2D eigenvalue weighted by molar-refractivity contribution is 0.0588. The Morgan fingerprint density at radius 2 is 2.00 bits per heavy atom. The fourth-order valence-electron chi connectivity index (χ4n) is 1.69. The van der Waals surface area contributed by atoms with Gasteiger partial charge in [-0.15, -0.1) is 0 Å². The van der Waals surface area contributed by atoms with E-state index < -0.39 is 15.5 Å². The van der Waals surface area contributed by atoms with Gasteiger partial charge >= 0.3 is 5.97 Å². The van der Waals surface area contributed by atoms with Gasteiger partial charge < -0.3 is 9.30 Å². The maximum atomic E-state index is 11.8. The number of hydrogen-bond donors (Lipinski definition) is 0. The molecule has 0 aromatic carbocycles. The standard InChI is InChI=1S/C11H10Cl3NO3/c1-18-10(17)8-4-6(9(16)11(12,13)14)5-15(8)7-2-3-7/h4-5,7H,2-3H2,1H3. The van der Waals surface area contributed by atoms with Gasteiger partial charge in [0.25, 0.3) is 3.79 Å². The van der Waals surface area contributed by atoms with Gasteiger partial charge in [0, 0.05) is 17.8 Å². The van der Waals surface area contributed by atoms with Crippen molar-refractivity contribution in [3.63, 3.8) is 0 Å². The van der Waals surface area contributed by atoms with Crippen molar-refractivity contribution in [1.29, 1.82) is 0 Å². The van der Waals surface area contributed by atoms with E-state index in [0.717, 1.165) is 12.8 Å². The van der Waals surface area contributed by atoms with Crippen LogP contribution in [0.25, 0.3) is 0 Å². The summed E-state index contributed by atoms with van der Waals surface area (Å²) in [6.45, 7) is 0. The van der Waals surface area contributed by atoms with Crippen molar-refractivity contribution in [2.24, 2.45) is 0 Å². The van der Waals surface area contributed by atoms with Crippen LogP contribution in [-0.2, 0) is 4.74 Å². The van der Waals surface area contributed by atoms with Gasteiger partial charge in [-0.3, -0.25) is 4.79 Å². The molecule has 1 aliphatic rings. The molecule has 7 heteroatoms. The van der Waals surface area contributed by atoms with Crippen LogP contribution in [0, 0.1) is 0 Å². The number of methoxy groups -OCH3 is 1. The molecule has 1 aromatic heterocycles. The number of Topliss-reactive ketones (excluding diaryl/α,β-unsaturated/α-hetero) is 1. The number of ketones is 1. The summed E-state index contributed by atoms with van der Waals surface area (Å²) in [7, 11) is 1.28. The molecule has 0 aliphatic heterocycles. The molecule has 0 saturated heterocycles. The zero-order valence-corrected chi connectivity index (χ0v) is 11.7. The zero-order chi connectivity index (χ0) is 13.5. The molecule has 1 aliphatic carbocycles. The van der Waals surface area contributed by atoms with Gasteiger partial charge in [0.1, 0.15) is 5.69 Å². The van der Waals surface area contributed by atoms with E-state index in [2.05, 4.69) is 4.74 Å². The van der Waals surface area contributed by atoms with Crippen molar-refractivity contribution in [1.82, 2.24) is 4.57 Å². The Morgan fingerprint density at radius 3 is 2.44 bits per heavy atom. The average molecular weight is 311 g/mol. The first kappa shape index (κ1) is 13.7. The average Bonchev–Trinajstić information content (AvgIpc) is 3.05. The van der Waals surface area contributed by atoms with Crippen molar-refractivity contribution >= 4 is 46.6 Å². The van der Waals surface area contributed by atoms with Crippen molar-refractivity contribution in [2.75, 3.05) is 7.11 Å². The van der Waals surface area contributed by atoms with Crippen LogP contribution in [-0.4, -0.2) is 27.2 Å². The minimum absolute atomic E-state index is 0.197. The maximum absolute atomic E-state index is 11.8. The van der Waals surface area contributed by atoms with E-state index in [0.29, 0.717) is 5.69 Å². The Bertz CT molecular complexity index is 500. The lowest BCUT2D eigenvalue weighted by Crippen LogP contribution is -2.18. The summed E-state index contributed by atoms with van der Waals surface area (Å²) >= 11 is 16.6. The highest BCUT2D eigenvalue weighted by Crippen LogP contribution is 2.38. The number of aromatic nitrogens is 1. The molecule has 98 valence electrons. The van der Waals surface area contributed by atoms with Gasteiger partial charge in [0.2, 0.25) is 5.78 Å². The summed E-state index contributed by atoms with van der Waals surface area (Å²) in [5.41, 5.74) is 0.500. The lowest BCUT2D eigenvalue weighted by atomic mass is 10.2. The molecule has 18 heavy (non-hydrogen) atoms. The molecule has 1 heterocycles. The summed E-state index contributed by atoms with van der Waals surface area (Å²) in [5, 5.41) is 0. The number of nitrogens with zero attached hydrogens (tertiary/aromatic N) is 1. The summed E-state index contributed by atoms with van der Waals surface area (Å²) in [6, 6.07) is 1.62. The van der Waals surface area contributed by atoms with Crippen LogP contribution >= 0.6 is 34.8 Å².